The third kappa shape index (κ3) is 4.61. The molecule has 2 aromatic heterocycles. The number of hydrogen-bond acceptors (Lipinski definition) is 3. The fourth-order valence-electron chi connectivity index (χ4n) is 2.71. The van der Waals surface area contributed by atoms with Crippen LogP contribution in [0.3, 0.4) is 0 Å². The molecule has 0 spiro atoms. The molecule has 0 atom stereocenters. The zero-order valence-electron chi connectivity index (χ0n) is 15.1. The van der Waals surface area contributed by atoms with Gasteiger partial charge in [-0.2, -0.15) is 23.4 Å². The minimum atomic E-state index is -4.39. The van der Waals surface area contributed by atoms with Crippen molar-refractivity contribution in [1.29, 1.82) is 0 Å². The van der Waals surface area contributed by atoms with Gasteiger partial charge in [0.05, 0.1) is 39.9 Å². The number of anilines is 1. The van der Waals surface area contributed by atoms with E-state index in [0.29, 0.717) is 11.3 Å². The number of nitrogens with one attached hydrogen (secondary N) is 1. The highest BCUT2D eigenvalue weighted by atomic mass is 79.9. The molecule has 3 aromatic rings. The zero-order chi connectivity index (χ0) is 20.5. The maximum absolute atomic E-state index is 12.8. The summed E-state index contributed by atoms with van der Waals surface area (Å²) >= 11 is 3.41. The van der Waals surface area contributed by atoms with Crippen LogP contribution in [0.5, 0.6) is 0 Å². The molecule has 1 aromatic carbocycles. The number of aromatic nitrogens is 4. The predicted molar refractivity (Wildman–Crippen MR) is 101 cm³/mol. The summed E-state index contributed by atoms with van der Waals surface area (Å²) in [6.07, 6.45) is -1.38. The Bertz CT molecular complexity index is 1010. The second kappa shape index (κ2) is 7.78. The number of alkyl halides is 3. The predicted octanol–water partition coefficient (Wildman–Crippen LogP) is 4.16. The summed E-state index contributed by atoms with van der Waals surface area (Å²) in [4.78, 5) is 12.2. The lowest BCUT2D eigenvalue weighted by molar-refractivity contribution is -0.137. The Kier molecular flexibility index (Phi) is 5.59. The van der Waals surface area contributed by atoms with Crippen LogP contribution in [0.15, 0.2) is 41.1 Å². The first kappa shape index (κ1) is 20.1. The van der Waals surface area contributed by atoms with Crippen molar-refractivity contribution in [3.8, 4) is 0 Å². The molecule has 3 rings (SSSR count). The fourth-order valence-corrected chi connectivity index (χ4v) is 3.00. The van der Waals surface area contributed by atoms with Gasteiger partial charge in [-0.3, -0.25) is 14.2 Å². The normalized spacial score (nSPS) is 11.6. The van der Waals surface area contributed by atoms with Crippen molar-refractivity contribution in [1.82, 2.24) is 19.6 Å². The van der Waals surface area contributed by atoms with Crippen molar-refractivity contribution in [3.05, 3.63) is 63.6 Å². The Morgan fingerprint density at radius 3 is 2.68 bits per heavy atom. The summed E-state index contributed by atoms with van der Waals surface area (Å²) in [5.74, 6) is -0.281. The van der Waals surface area contributed by atoms with Crippen molar-refractivity contribution < 1.29 is 18.0 Å². The van der Waals surface area contributed by atoms with E-state index >= 15 is 0 Å². The molecule has 0 radical (unpaired) electrons. The summed E-state index contributed by atoms with van der Waals surface area (Å²) in [5, 5.41) is 11.1. The Labute approximate surface area is 167 Å². The fraction of sp³-hybridized carbons (Fsp3) is 0.278. The topological polar surface area (TPSA) is 64.7 Å². The Morgan fingerprint density at radius 2 is 2.04 bits per heavy atom. The summed E-state index contributed by atoms with van der Waals surface area (Å²) in [7, 11) is 0. The minimum Gasteiger partial charge on any atom is -0.322 e. The van der Waals surface area contributed by atoms with Gasteiger partial charge in [-0.25, -0.2) is 0 Å². The first-order valence-electron chi connectivity index (χ1n) is 8.31. The third-order valence-electron chi connectivity index (χ3n) is 4.10. The summed E-state index contributed by atoms with van der Waals surface area (Å²) < 4.78 is 42.3. The molecule has 0 saturated carbocycles. The lowest BCUT2D eigenvalue weighted by Crippen LogP contribution is -2.20. The van der Waals surface area contributed by atoms with E-state index < -0.39 is 11.7 Å². The van der Waals surface area contributed by atoms with Crippen molar-refractivity contribution in [2.75, 3.05) is 5.32 Å². The first-order chi connectivity index (χ1) is 13.1. The van der Waals surface area contributed by atoms with Gasteiger partial charge >= 0.3 is 6.18 Å². The Hall–Kier alpha value is -2.62. The second-order valence-corrected chi connectivity index (χ2v) is 7.11. The molecule has 10 heteroatoms. The molecule has 0 saturated heterocycles. The van der Waals surface area contributed by atoms with E-state index in [1.54, 1.807) is 16.9 Å². The van der Waals surface area contributed by atoms with Crippen molar-refractivity contribution in [2.45, 2.75) is 33.1 Å². The van der Waals surface area contributed by atoms with E-state index in [1.165, 1.54) is 16.9 Å². The number of hydrogen-bond donors (Lipinski definition) is 1. The van der Waals surface area contributed by atoms with E-state index in [1.807, 2.05) is 13.8 Å². The van der Waals surface area contributed by atoms with Gasteiger partial charge in [-0.05, 0) is 47.5 Å². The van der Waals surface area contributed by atoms with Crippen LogP contribution in [0.25, 0.3) is 0 Å². The molecule has 2 heterocycles. The number of rotatable bonds is 5. The Balaban J connectivity index is 1.64. The van der Waals surface area contributed by atoms with Gasteiger partial charge in [-0.15, -0.1) is 0 Å². The standard InChI is InChI=1S/C18H17BrF3N5O/c1-11-17(19)12(2)27(25-11)10-16(28)24-15-7-23-26(9-15)8-13-4-3-5-14(6-13)18(20,21)22/h3-7,9H,8,10H2,1-2H3,(H,24,28). The second-order valence-electron chi connectivity index (χ2n) is 6.32. The number of aryl methyl sites for hydroxylation is 1. The highest BCUT2D eigenvalue weighted by Gasteiger charge is 2.30. The van der Waals surface area contributed by atoms with Crippen LogP contribution < -0.4 is 5.32 Å². The highest BCUT2D eigenvalue weighted by molar-refractivity contribution is 9.10. The molecule has 0 aliphatic rings. The van der Waals surface area contributed by atoms with Crippen LogP contribution in [0, 0.1) is 13.8 Å². The monoisotopic (exact) mass is 455 g/mol. The smallest absolute Gasteiger partial charge is 0.322 e. The van der Waals surface area contributed by atoms with E-state index in [0.717, 1.165) is 28.0 Å². The van der Waals surface area contributed by atoms with Gasteiger partial charge < -0.3 is 5.32 Å². The number of benzene rings is 1. The molecular weight excluding hydrogens is 439 g/mol. The zero-order valence-corrected chi connectivity index (χ0v) is 16.7. The number of amides is 1. The van der Waals surface area contributed by atoms with Gasteiger partial charge in [-0.1, -0.05) is 12.1 Å². The van der Waals surface area contributed by atoms with Crippen LogP contribution in [-0.4, -0.2) is 25.5 Å². The van der Waals surface area contributed by atoms with E-state index in [9.17, 15) is 18.0 Å². The molecular formula is C18H17BrF3N5O. The summed E-state index contributed by atoms with van der Waals surface area (Å²) in [6.45, 7) is 3.88. The number of carbonyl (C=O) groups is 1. The average Bonchev–Trinajstić information content (AvgIpc) is 3.14. The first-order valence-corrected chi connectivity index (χ1v) is 9.10. The molecule has 1 amide bonds. The van der Waals surface area contributed by atoms with Crippen LogP contribution in [0.1, 0.15) is 22.5 Å². The molecule has 28 heavy (non-hydrogen) atoms. The lowest BCUT2D eigenvalue weighted by Gasteiger charge is -2.08. The molecule has 0 bridgehead atoms. The molecule has 148 valence electrons. The van der Waals surface area contributed by atoms with Crippen molar-refractivity contribution in [3.63, 3.8) is 0 Å². The quantitative estimate of drug-likeness (QED) is 0.627. The van der Waals surface area contributed by atoms with E-state index in [2.05, 4.69) is 31.4 Å². The number of halogens is 4. The maximum atomic E-state index is 12.8. The van der Waals surface area contributed by atoms with Crippen LogP contribution in [-0.2, 0) is 24.1 Å². The molecule has 0 unspecified atom stereocenters. The van der Waals surface area contributed by atoms with E-state index in [4.69, 9.17) is 0 Å². The SMILES string of the molecule is Cc1nn(CC(=O)Nc2cnn(Cc3cccc(C(F)(F)F)c3)c2)c(C)c1Br. The summed E-state index contributed by atoms with van der Waals surface area (Å²) in [6, 6.07) is 5.06. The maximum Gasteiger partial charge on any atom is 0.416 e. The number of carbonyl (C=O) groups excluding carboxylic acids is 1. The molecule has 1 N–H and O–H groups in total. The molecule has 0 aliphatic carbocycles. The molecule has 6 nitrogen and oxygen atoms in total. The van der Waals surface area contributed by atoms with Gasteiger partial charge in [0.25, 0.3) is 0 Å². The third-order valence-corrected chi connectivity index (χ3v) is 5.25. The van der Waals surface area contributed by atoms with Crippen molar-refractivity contribution >= 4 is 27.5 Å². The van der Waals surface area contributed by atoms with Crippen LogP contribution in [0.2, 0.25) is 0 Å². The Morgan fingerprint density at radius 1 is 1.29 bits per heavy atom. The van der Waals surface area contributed by atoms with Gasteiger partial charge in [0.1, 0.15) is 6.54 Å². The average molecular weight is 456 g/mol. The van der Waals surface area contributed by atoms with E-state index in [-0.39, 0.29) is 19.0 Å². The van der Waals surface area contributed by atoms with Crippen LogP contribution in [0.4, 0.5) is 18.9 Å². The highest BCUT2D eigenvalue weighted by Crippen LogP contribution is 2.29. The minimum absolute atomic E-state index is 0.0388. The summed E-state index contributed by atoms with van der Waals surface area (Å²) in [5.41, 5.74) is 1.84. The molecule has 0 aliphatic heterocycles. The van der Waals surface area contributed by atoms with Crippen molar-refractivity contribution in [2.24, 2.45) is 0 Å². The largest absolute Gasteiger partial charge is 0.416 e. The van der Waals surface area contributed by atoms with Gasteiger partial charge in [0, 0.05) is 6.20 Å². The molecule has 0 fully saturated rings. The lowest BCUT2D eigenvalue weighted by atomic mass is 10.1. The van der Waals surface area contributed by atoms with Gasteiger partial charge in [0.2, 0.25) is 5.91 Å². The van der Waals surface area contributed by atoms with Crippen LogP contribution >= 0.6 is 15.9 Å². The number of nitrogens with zero attached hydrogens (tertiary/aromatic N) is 4. The van der Waals surface area contributed by atoms with Gasteiger partial charge in [0.15, 0.2) is 0 Å².